The Balaban J connectivity index is 1.40. The van der Waals surface area contributed by atoms with Gasteiger partial charge in [0, 0.05) is 10.4 Å². The van der Waals surface area contributed by atoms with Crippen LogP contribution in [0.25, 0.3) is 11.5 Å². The number of esters is 1. The van der Waals surface area contributed by atoms with E-state index >= 15 is 0 Å². The molecule has 0 unspecified atom stereocenters. The van der Waals surface area contributed by atoms with Crippen molar-refractivity contribution < 1.29 is 23.5 Å². The third kappa shape index (κ3) is 4.19. The van der Waals surface area contributed by atoms with Crippen molar-refractivity contribution in [3.05, 3.63) is 40.3 Å². The lowest BCUT2D eigenvalue weighted by molar-refractivity contribution is -0.113. The average molecular weight is 446 g/mol. The van der Waals surface area contributed by atoms with Crippen LogP contribution in [-0.4, -0.2) is 42.0 Å². The number of carbonyl (C=O) groups excluding carboxylic acids is 2. The molecule has 156 valence electrons. The minimum Gasteiger partial charge on any atom is -0.497 e. The fraction of sp³-hybridized carbons (Fsp3) is 0.300. The van der Waals surface area contributed by atoms with E-state index in [4.69, 9.17) is 13.9 Å². The summed E-state index contributed by atoms with van der Waals surface area (Å²) in [5, 5.41) is 11.7. The number of thioether (sulfide) groups is 1. The maximum absolute atomic E-state index is 12.5. The second kappa shape index (κ2) is 8.88. The number of fused-ring (bicyclic) bond motifs is 1. The summed E-state index contributed by atoms with van der Waals surface area (Å²) in [4.78, 5) is 25.8. The lowest BCUT2D eigenvalue weighted by Gasteiger charge is -2.06. The maximum Gasteiger partial charge on any atom is 0.341 e. The number of aryl methyl sites for hydroxylation is 1. The van der Waals surface area contributed by atoms with Crippen molar-refractivity contribution in [2.24, 2.45) is 0 Å². The van der Waals surface area contributed by atoms with Gasteiger partial charge in [0.1, 0.15) is 10.8 Å². The zero-order valence-electron chi connectivity index (χ0n) is 16.4. The van der Waals surface area contributed by atoms with Gasteiger partial charge in [-0.05, 0) is 43.0 Å². The molecule has 0 aliphatic heterocycles. The molecule has 0 saturated heterocycles. The van der Waals surface area contributed by atoms with Gasteiger partial charge in [0.2, 0.25) is 11.8 Å². The lowest BCUT2D eigenvalue weighted by atomic mass is 10.1. The second-order valence-electron chi connectivity index (χ2n) is 6.49. The monoisotopic (exact) mass is 445 g/mol. The molecular formula is C20H19N3O5S2. The van der Waals surface area contributed by atoms with Crippen LogP contribution in [0, 0.1) is 0 Å². The highest BCUT2D eigenvalue weighted by molar-refractivity contribution is 7.99. The normalized spacial score (nSPS) is 12.5. The number of nitrogens with zero attached hydrogens (tertiary/aromatic N) is 2. The van der Waals surface area contributed by atoms with Gasteiger partial charge >= 0.3 is 5.97 Å². The number of thiophene rings is 1. The van der Waals surface area contributed by atoms with E-state index in [9.17, 15) is 9.59 Å². The highest BCUT2D eigenvalue weighted by Crippen LogP contribution is 2.39. The van der Waals surface area contributed by atoms with Crippen LogP contribution >= 0.6 is 23.1 Å². The van der Waals surface area contributed by atoms with Crippen molar-refractivity contribution in [3.8, 4) is 17.2 Å². The first kappa shape index (κ1) is 20.4. The molecule has 8 nitrogen and oxygen atoms in total. The quantitative estimate of drug-likeness (QED) is 0.432. The van der Waals surface area contributed by atoms with E-state index in [-0.39, 0.29) is 16.9 Å². The molecule has 1 amide bonds. The first-order valence-corrected chi connectivity index (χ1v) is 11.0. The summed E-state index contributed by atoms with van der Waals surface area (Å²) >= 11 is 2.57. The summed E-state index contributed by atoms with van der Waals surface area (Å²) in [6.45, 7) is 0. The molecule has 0 fully saturated rings. The van der Waals surface area contributed by atoms with Gasteiger partial charge in [-0.2, -0.15) is 0 Å². The number of hydrogen-bond donors (Lipinski definition) is 1. The topological polar surface area (TPSA) is 104 Å². The van der Waals surface area contributed by atoms with E-state index in [2.05, 4.69) is 15.5 Å². The van der Waals surface area contributed by atoms with Gasteiger partial charge in [0.25, 0.3) is 5.22 Å². The van der Waals surface area contributed by atoms with Crippen LogP contribution in [0.5, 0.6) is 5.75 Å². The summed E-state index contributed by atoms with van der Waals surface area (Å²) in [7, 11) is 2.93. The largest absolute Gasteiger partial charge is 0.497 e. The molecule has 4 rings (SSSR count). The van der Waals surface area contributed by atoms with Gasteiger partial charge in [-0.15, -0.1) is 21.5 Å². The Morgan fingerprint density at radius 2 is 2.13 bits per heavy atom. The van der Waals surface area contributed by atoms with E-state index in [1.54, 1.807) is 13.2 Å². The molecule has 1 aliphatic rings. The predicted molar refractivity (Wildman–Crippen MR) is 113 cm³/mol. The number of rotatable bonds is 7. The molecule has 1 aromatic carbocycles. The highest BCUT2D eigenvalue weighted by atomic mass is 32.2. The Morgan fingerprint density at radius 3 is 2.93 bits per heavy atom. The third-order valence-corrected chi connectivity index (χ3v) is 6.64. The molecule has 1 aliphatic carbocycles. The van der Waals surface area contributed by atoms with E-state index in [0.717, 1.165) is 47.0 Å². The van der Waals surface area contributed by atoms with E-state index in [1.165, 1.54) is 18.4 Å². The Bertz CT molecular complexity index is 1090. The summed E-state index contributed by atoms with van der Waals surface area (Å²) in [6.07, 6.45) is 2.77. The van der Waals surface area contributed by atoms with Gasteiger partial charge in [0.15, 0.2) is 0 Å². The van der Waals surface area contributed by atoms with Crippen LogP contribution in [0.1, 0.15) is 27.2 Å². The van der Waals surface area contributed by atoms with Crippen molar-refractivity contribution in [1.29, 1.82) is 0 Å². The van der Waals surface area contributed by atoms with Gasteiger partial charge in [-0.1, -0.05) is 17.8 Å². The molecule has 0 saturated carbocycles. The van der Waals surface area contributed by atoms with Crippen LogP contribution in [-0.2, 0) is 22.4 Å². The smallest absolute Gasteiger partial charge is 0.341 e. The summed E-state index contributed by atoms with van der Waals surface area (Å²) < 4.78 is 15.7. The zero-order chi connectivity index (χ0) is 21.1. The maximum atomic E-state index is 12.5. The molecule has 1 N–H and O–H groups in total. The van der Waals surface area contributed by atoms with Crippen molar-refractivity contribution in [3.63, 3.8) is 0 Å². The van der Waals surface area contributed by atoms with Crippen LogP contribution in [0.4, 0.5) is 5.00 Å². The van der Waals surface area contributed by atoms with Crippen LogP contribution < -0.4 is 10.1 Å². The first-order valence-electron chi connectivity index (χ1n) is 9.22. The van der Waals surface area contributed by atoms with E-state index in [0.29, 0.717) is 22.2 Å². The summed E-state index contributed by atoms with van der Waals surface area (Å²) in [5.74, 6) is 0.425. The van der Waals surface area contributed by atoms with Crippen molar-refractivity contribution >= 4 is 40.0 Å². The van der Waals surface area contributed by atoms with E-state index in [1.807, 2.05) is 18.2 Å². The van der Waals surface area contributed by atoms with Crippen molar-refractivity contribution in [2.75, 3.05) is 25.3 Å². The number of amides is 1. The second-order valence-corrected chi connectivity index (χ2v) is 8.53. The predicted octanol–water partition coefficient (Wildman–Crippen LogP) is 3.81. The molecule has 2 aromatic heterocycles. The Hall–Kier alpha value is -2.85. The molecule has 3 aromatic rings. The zero-order valence-corrected chi connectivity index (χ0v) is 18.0. The molecular weight excluding hydrogens is 426 g/mol. The number of benzene rings is 1. The van der Waals surface area contributed by atoms with E-state index < -0.39 is 5.97 Å². The van der Waals surface area contributed by atoms with Gasteiger partial charge in [-0.3, -0.25) is 4.79 Å². The number of methoxy groups -OCH3 is 2. The minimum atomic E-state index is -0.419. The standard InChI is InChI=1S/C20H19N3O5S2/c1-26-12-6-3-5-11(9-12)17-22-23-20(28-17)29-10-15(24)21-18-16(19(25)27-2)13-7-4-8-14(13)30-18/h3,5-6,9H,4,7-8,10H2,1-2H3,(H,21,24). The average Bonchev–Trinajstić information content (AvgIpc) is 3.48. The molecule has 0 atom stereocenters. The number of aromatic nitrogens is 2. The third-order valence-electron chi connectivity index (χ3n) is 4.61. The highest BCUT2D eigenvalue weighted by Gasteiger charge is 2.28. The molecule has 0 spiro atoms. The van der Waals surface area contributed by atoms with Crippen LogP contribution in [0.2, 0.25) is 0 Å². The Kier molecular flexibility index (Phi) is 6.05. The number of carbonyl (C=O) groups is 2. The van der Waals surface area contributed by atoms with Gasteiger partial charge in [-0.25, -0.2) is 4.79 Å². The molecule has 10 heteroatoms. The van der Waals surface area contributed by atoms with Crippen molar-refractivity contribution in [1.82, 2.24) is 10.2 Å². The number of hydrogen-bond acceptors (Lipinski definition) is 9. The number of ether oxygens (including phenoxy) is 2. The minimum absolute atomic E-state index is 0.0723. The SMILES string of the molecule is COC(=O)c1c(NC(=O)CSc2nnc(-c3cccc(OC)c3)o2)sc2c1CCC2. The fourth-order valence-corrected chi connectivity index (χ4v) is 5.10. The molecule has 2 heterocycles. The lowest BCUT2D eigenvalue weighted by Crippen LogP contribution is -2.16. The van der Waals surface area contributed by atoms with Gasteiger partial charge in [0.05, 0.1) is 25.5 Å². The summed E-state index contributed by atoms with van der Waals surface area (Å²) in [5.41, 5.74) is 2.20. The molecule has 0 bridgehead atoms. The Morgan fingerprint density at radius 1 is 1.27 bits per heavy atom. The molecule has 0 radical (unpaired) electrons. The summed E-state index contributed by atoms with van der Waals surface area (Å²) in [6, 6.07) is 7.28. The fourth-order valence-electron chi connectivity index (χ4n) is 3.24. The van der Waals surface area contributed by atoms with Crippen molar-refractivity contribution in [2.45, 2.75) is 24.5 Å². The number of anilines is 1. The first-order chi connectivity index (χ1) is 14.6. The van der Waals surface area contributed by atoms with Crippen LogP contribution in [0.15, 0.2) is 33.9 Å². The molecule has 30 heavy (non-hydrogen) atoms. The Labute approximate surface area is 181 Å². The number of nitrogens with one attached hydrogen (secondary N) is 1. The van der Waals surface area contributed by atoms with Crippen LogP contribution in [0.3, 0.4) is 0 Å². The van der Waals surface area contributed by atoms with Gasteiger partial charge < -0.3 is 19.2 Å².